The number of hydrogen-bond acceptors (Lipinski definition) is 11. The summed E-state index contributed by atoms with van der Waals surface area (Å²) in [7, 11) is 1.95. The van der Waals surface area contributed by atoms with Crippen LogP contribution in [0.3, 0.4) is 0 Å². The van der Waals surface area contributed by atoms with Gasteiger partial charge >= 0.3 is 30.1 Å². The van der Waals surface area contributed by atoms with Crippen LogP contribution in [0.1, 0.15) is 43.2 Å². The number of esters is 2. The number of aliphatic hydroxyl groups is 1. The number of benzene rings is 1. The number of rotatable bonds is 8. The molecule has 16 heteroatoms. The third-order valence-corrected chi connectivity index (χ3v) is 8.16. The maximum absolute atomic E-state index is 12.6. The number of phenols is 1. The van der Waals surface area contributed by atoms with E-state index in [0.717, 1.165) is 11.1 Å². The molecule has 2 heterocycles. The van der Waals surface area contributed by atoms with E-state index in [-0.39, 0.29) is 29.7 Å². The van der Waals surface area contributed by atoms with Gasteiger partial charge < -0.3 is 39.5 Å². The van der Waals surface area contributed by atoms with Crippen LogP contribution in [-0.4, -0.2) is 99.1 Å². The molecule has 1 aromatic carbocycles. The summed E-state index contributed by atoms with van der Waals surface area (Å²) in [5, 5.41) is 40.4. The molecule has 43 heavy (non-hydrogen) atoms. The molecular formula is C27H28F3NO12. The number of carboxylic acid groups (broad SMARTS) is 2. The summed E-state index contributed by atoms with van der Waals surface area (Å²) >= 11 is 0. The van der Waals surface area contributed by atoms with Gasteiger partial charge in [0.2, 0.25) is 12.4 Å². The van der Waals surface area contributed by atoms with Crippen LogP contribution in [0.5, 0.6) is 11.5 Å². The fraction of sp³-hybridized carbons (Fsp3) is 0.519. The van der Waals surface area contributed by atoms with Gasteiger partial charge in [0.25, 0.3) is 0 Å². The Morgan fingerprint density at radius 1 is 1.19 bits per heavy atom. The van der Waals surface area contributed by atoms with Crippen LogP contribution in [0, 0.1) is 0 Å². The molecule has 2 aliphatic carbocycles. The van der Waals surface area contributed by atoms with Crippen molar-refractivity contribution in [2.45, 2.75) is 74.0 Å². The van der Waals surface area contributed by atoms with Crippen LogP contribution in [-0.2, 0) is 45.3 Å². The van der Waals surface area contributed by atoms with Crippen molar-refractivity contribution >= 4 is 30.2 Å². The van der Waals surface area contributed by atoms with E-state index >= 15 is 0 Å². The van der Waals surface area contributed by atoms with Crippen molar-refractivity contribution in [3.8, 4) is 11.5 Å². The number of aliphatic carboxylic acids is 2. The number of halogens is 3. The molecule has 234 valence electrons. The summed E-state index contributed by atoms with van der Waals surface area (Å²) in [5.74, 6) is -4.54. The molecule has 0 unspecified atom stereocenters. The molecule has 13 nitrogen and oxygen atoms in total. The minimum Gasteiger partial charge on any atom is -0.504 e. The number of carbonyl (C=O) groups excluding carboxylic acids is 3. The molecule has 0 saturated carbocycles. The van der Waals surface area contributed by atoms with Crippen molar-refractivity contribution in [3.05, 3.63) is 35.1 Å². The summed E-state index contributed by atoms with van der Waals surface area (Å²) in [6.45, 7) is 0.662. The minimum atomic E-state index is -4.64. The third kappa shape index (κ3) is 5.76. The lowest BCUT2D eigenvalue weighted by molar-refractivity contribution is -0.171. The average molecular weight is 616 g/mol. The second kappa shape index (κ2) is 11.5. The normalized spacial score (nSPS) is 27.2. The highest BCUT2D eigenvalue weighted by molar-refractivity contribution is 5.84. The quantitative estimate of drug-likeness (QED) is 0.241. The molecule has 2 bridgehead atoms. The molecule has 1 fully saturated rings. The fourth-order valence-electron chi connectivity index (χ4n) is 6.38. The van der Waals surface area contributed by atoms with Crippen molar-refractivity contribution < 1.29 is 71.8 Å². The molecule has 4 N–H and O–H groups in total. The first-order valence-corrected chi connectivity index (χ1v) is 13.1. The predicted octanol–water partition coefficient (Wildman–Crippen LogP) is 1.21. The molecule has 0 aromatic heterocycles. The van der Waals surface area contributed by atoms with Crippen LogP contribution >= 0.6 is 0 Å². The first kappa shape index (κ1) is 31.7. The van der Waals surface area contributed by atoms with Gasteiger partial charge in [-0.3, -0.25) is 19.2 Å². The van der Waals surface area contributed by atoms with Gasteiger partial charge in [-0.2, -0.15) is 13.2 Å². The van der Waals surface area contributed by atoms with Gasteiger partial charge in [0.1, 0.15) is 5.76 Å². The number of aldehydes is 1. The number of hydrogen-bond donors (Lipinski definition) is 4. The second-order valence-corrected chi connectivity index (χ2v) is 10.7. The Balaban J connectivity index is 0.000000641. The third-order valence-electron chi connectivity index (χ3n) is 8.16. The average Bonchev–Trinajstić information content (AvgIpc) is 3.28. The first-order valence-electron chi connectivity index (χ1n) is 13.1. The summed E-state index contributed by atoms with van der Waals surface area (Å²) in [6, 6.07) is 3.18. The van der Waals surface area contributed by atoms with Crippen molar-refractivity contribution in [1.29, 1.82) is 0 Å². The van der Waals surface area contributed by atoms with Gasteiger partial charge in [-0.25, -0.2) is 4.79 Å². The van der Waals surface area contributed by atoms with E-state index < -0.39 is 78.8 Å². The molecule has 4 aliphatic rings. The Bertz CT molecular complexity index is 1380. The van der Waals surface area contributed by atoms with Crippen LogP contribution < -0.4 is 4.74 Å². The lowest BCUT2D eigenvalue weighted by atomic mass is 9.50. The molecule has 2 aliphatic heterocycles. The fourth-order valence-corrected chi connectivity index (χ4v) is 6.38. The Hall–Kier alpha value is -4.18. The van der Waals surface area contributed by atoms with Crippen LogP contribution in [0.25, 0.3) is 0 Å². The number of piperidine rings is 1. The maximum Gasteiger partial charge on any atom is 0.446 e. The van der Waals surface area contributed by atoms with Crippen molar-refractivity contribution in [2.75, 3.05) is 13.6 Å². The van der Waals surface area contributed by atoms with Crippen molar-refractivity contribution in [1.82, 2.24) is 4.90 Å². The lowest BCUT2D eigenvalue weighted by Crippen LogP contribution is -2.74. The number of nitrogens with zero attached hydrogens (tertiary/aromatic N) is 1. The lowest BCUT2D eigenvalue weighted by Gasteiger charge is -2.61. The number of likely N-dealkylation sites (tertiary alicyclic amines) is 1. The van der Waals surface area contributed by atoms with Gasteiger partial charge in [-0.1, -0.05) is 6.07 Å². The number of alkyl halides is 3. The van der Waals surface area contributed by atoms with Gasteiger partial charge in [0, 0.05) is 18.0 Å². The monoisotopic (exact) mass is 615 g/mol. The Labute approximate surface area is 241 Å². The number of phenolic OH excluding ortho intramolecular Hbond substituents is 1. The Morgan fingerprint density at radius 2 is 1.84 bits per heavy atom. The predicted molar refractivity (Wildman–Crippen MR) is 134 cm³/mol. The Kier molecular flexibility index (Phi) is 8.48. The molecule has 1 spiro atoms. The second-order valence-electron chi connectivity index (χ2n) is 10.7. The van der Waals surface area contributed by atoms with E-state index in [1.807, 2.05) is 13.1 Å². The van der Waals surface area contributed by atoms with Crippen molar-refractivity contribution in [3.63, 3.8) is 0 Å². The SMILES string of the molecule is CN1CC[C@]23c4c5ccc(O)c4O[C@H]2C(OC(=O)CCC(=O)O[C@@H](CC(=O)O)C(=O)O)=CC[C@@]3(O)[C@H]1C5.O=CC(F)(F)F. The highest BCUT2D eigenvalue weighted by Crippen LogP contribution is 2.65. The molecule has 1 aromatic rings. The smallest absolute Gasteiger partial charge is 0.446 e. The summed E-state index contributed by atoms with van der Waals surface area (Å²) < 4.78 is 47.7. The topological polar surface area (TPSA) is 197 Å². The molecular weight excluding hydrogens is 587 g/mol. The van der Waals surface area contributed by atoms with Crippen LogP contribution in [0.15, 0.2) is 24.0 Å². The van der Waals surface area contributed by atoms with E-state index in [0.29, 0.717) is 19.4 Å². The summed E-state index contributed by atoms with van der Waals surface area (Å²) in [4.78, 5) is 57.3. The first-order chi connectivity index (χ1) is 20.0. The number of aromatic hydroxyl groups is 1. The molecule has 5 rings (SSSR count). The van der Waals surface area contributed by atoms with E-state index in [4.69, 9.17) is 24.5 Å². The number of carbonyl (C=O) groups is 5. The maximum atomic E-state index is 12.6. The standard InChI is InChI=1S/C25H27NO11.C2HF3O/c1-26-9-8-24-20-12-2-3-13(27)21(20)37-22(24)14(6-7-25(24,34)16(26)10-12)35-18(30)4-5-19(31)36-15(23(32)33)11-17(28)29;3-2(4,5)1-6/h2-3,6,15-16,22,27,34H,4-5,7-11H2,1H3,(H,28,29)(H,32,33);1H/t15-,16+,22-,24-,25+;/m0./s1. The Morgan fingerprint density at radius 3 is 2.44 bits per heavy atom. The molecule has 5 atom stereocenters. The van der Waals surface area contributed by atoms with Gasteiger partial charge in [-0.05, 0) is 44.1 Å². The zero-order chi connectivity index (χ0) is 31.9. The molecule has 0 radical (unpaired) electrons. The zero-order valence-corrected chi connectivity index (χ0v) is 22.6. The van der Waals surface area contributed by atoms with Gasteiger partial charge in [0.05, 0.1) is 30.3 Å². The van der Waals surface area contributed by atoms with E-state index in [1.54, 1.807) is 12.1 Å². The highest BCUT2D eigenvalue weighted by atomic mass is 19.4. The zero-order valence-electron chi connectivity index (χ0n) is 22.6. The largest absolute Gasteiger partial charge is 0.504 e. The number of ether oxygens (including phenoxy) is 3. The van der Waals surface area contributed by atoms with Crippen LogP contribution in [0.2, 0.25) is 0 Å². The number of likely N-dealkylation sites (N-methyl/N-ethyl adjacent to an activating group) is 1. The summed E-state index contributed by atoms with van der Waals surface area (Å²) in [5.41, 5.74) is -0.443. The van der Waals surface area contributed by atoms with E-state index in [9.17, 15) is 42.6 Å². The molecule has 1 saturated heterocycles. The van der Waals surface area contributed by atoms with Gasteiger partial charge in [0.15, 0.2) is 17.6 Å². The van der Waals surface area contributed by atoms with Crippen molar-refractivity contribution in [2.24, 2.45) is 0 Å². The number of carboxylic acids is 2. The van der Waals surface area contributed by atoms with Crippen LogP contribution in [0.4, 0.5) is 13.2 Å². The summed E-state index contributed by atoms with van der Waals surface area (Å²) in [6.07, 6.45) is -7.43. The highest BCUT2D eigenvalue weighted by Gasteiger charge is 2.72. The van der Waals surface area contributed by atoms with Gasteiger partial charge in [-0.15, -0.1) is 0 Å². The minimum absolute atomic E-state index is 0.0648. The molecule has 0 amide bonds. The van der Waals surface area contributed by atoms with E-state index in [1.165, 1.54) is 0 Å². The van der Waals surface area contributed by atoms with E-state index in [2.05, 4.69) is 9.64 Å².